The highest BCUT2D eigenvalue weighted by Crippen LogP contribution is 2.18. The number of benzene rings is 1. The van der Waals surface area contributed by atoms with Crippen LogP contribution in [0.1, 0.15) is 51.7 Å². The Hall–Kier alpha value is -1.91. The summed E-state index contributed by atoms with van der Waals surface area (Å²) in [7, 11) is 0. The second-order valence-electron chi connectivity index (χ2n) is 6.68. The quantitative estimate of drug-likeness (QED) is 0.282. The van der Waals surface area contributed by atoms with Crippen molar-refractivity contribution < 1.29 is 13.7 Å². The normalized spacial score (nSPS) is 12.4. The van der Waals surface area contributed by atoms with Crippen LogP contribution in [-0.4, -0.2) is 41.8 Å². The molecular formula is C20H31FIN5O2. The Balaban J connectivity index is 0.00000420. The molecule has 1 unspecified atom stereocenters. The summed E-state index contributed by atoms with van der Waals surface area (Å²) in [6.07, 6.45) is 1.11. The van der Waals surface area contributed by atoms with E-state index in [1.54, 1.807) is 18.2 Å². The first kappa shape index (κ1) is 25.1. The molecule has 0 fully saturated rings. The molecule has 9 heteroatoms. The minimum absolute atomic E-state index is 0. The fraction of sp³-hybridized carbons (Fsp3) is 0.550. The number of aliphatic imine (C=N–C) groups is 1. The summed E-state index contributed by atoms with van der Waals surface area (Å²) in [6, 6.07) is 6.41. The second-order valence-corrected chi connectivity index (χ2v) is 6.68. The molecule has 1 aromatic carbocycles. The van der Waals surface area contributed by atoms with Gasteiger partial charge in [0.25, 0.3) is 0 Å². The van der Waals surface area contributed by atoms with E-state index in [9.17, 15) is 4.39 Å². The summed E-state index contributed by atoms with van der Waals surface area (Å²) < 4.78 is 24.8. The number of para-hydroxylation sites is 1. The van der Waals surface area contributed by atoms with E-state index >= 15 is 0 Å². The minimum atomic E-state index is -0.365. The van der Waals surface area contributed by atoms with Gasteiger partial charge in [0.15, 0.2) is 23.4 Å². The van der Waals surface area contributed by atoms with Crippen LogP contribution < -0.4 is 15.4 Å². The van der Waals surface area contributed by atoms with Gasteiger partial charge in [-0.15, -0.1) is 24.0 Å². The molecule has 1 aromatic heterocycles. The lowest BCUT2D eigenvalue weighted by molar-refractivity contribution is 0.196. The maximum atomic E-state index is 13.8. The van der Waals surface area contributed by atoms with E-state index in [-0.39, 0.29) is 47.6 Å². The van der Waals surface area contributed by atoms with Gasteiger partial charge in [0.2, 0.25) is 5.89 Å². The van der Waals surface area contributed by atoms with Crippen LogP contribution in [0, 0.1) is 5.82 Å². The van der Waals surface area contributed by atoms with Crippen molar-refractivity contribution >= 4 is 29.9 Å². The number of hydrogen-bond donors (Lipinski definition) is 2. The first-order chi connectivity index (χ1) is 13.5. The lowest BCUT2D eigenvalue weighted by atomic mass is 10.2. The first-order valence-corrected chi connectivity index (χ1v) is 9.79. The van der Waals surface area contributed by atoms with Gasteiger partial charge in [0, 0.05) is 25.4 Å². The Bertz CT molecular complexity index is 754. The van der Waals surface area contributed by atoms with Crippen LogP contribution in [-0.2, 0) is 6.42 Å². The Morgan fingerprint density at radius 1 is 1.24 bits per heavy atom. The van der Waals surface area contributed by atoms with Gasteiger partial charge in [-0.05, 0) is 25.5 Å². The van der Waals surface area contributed by atoms with Gasteiger partial charge in [-0.25, -0.2) is 9.38 Å². The molecule has 0 aliphatic heterocycles. The summed E-state index contributed by atoms with van der Waals surface area (Å²) >= 11 is 0. The first-order valence-electron chi connectivity index (χ1n) is 9.79. The third kappa shape index (κ3) is 8.55. The SMILES string of the molecule is CCNC(=NCC(CC)Oc1ccccc1F)NCCc1nc(C(C)C)no1.I. The average Bonchev–Trinajstić information content (AvgIpc) is 3.15. The van der Waals surface area contributed by atoms with Crippen LogP contribution in [0.3, 0.4) is 0 Å². The highest BCUT2D eigenvalue weighted by molar-refractivity contribution is 14.0. The maximum Gasteiger partial charge on any atom is 0.228 e. The topological polar surface area (TPSA) is 84.6 Å². The fourth-order valence-corrected chi connectivity index (χ4v) is 2.40. The van der Waals surface area contributed by atoms with Crippen molar-refractivity contribution in [2.45, 2.75) is 52.6 Å². The number of nitrogens with zero attached hydrogens (tertiary/aromatic N) is 3. The molecule has 0 bridgehead atoms. The van der Waals surface area contributed by atoms with Crippen LogP contribution in [0.15, 0.2) is 33.8 Å². The smallest absolute Gasteiger partial charge is 0.228 e. The molecule has 0 radical (unpaired) electrons. The largest absolute Gasteiger partial charge is 0.485 e. The molecule has 0 saturated heterocycles. The average molecular weight is 519 g/mol. The third-order valence-electron chi connectivity index (χ3n) is 4.01. The Labute approximate surface area is 188 Å². The number of ether oxygens (including phenoxy) is 1. The van der Waals surface area contributed by atoms with E-state index in [1.165, 1.54) is 6.07 Å². The van der Waals surface area contributed by atoms with E-state index in [0.29, 0.717) is 37.2 Å². The summed E-state index contributed by atoms with van der Waals surface area (Å²) in [4.78, 5) is 8.92. The summed E-state index contributed by atoms with van der Waals surface area (Å²) in [5.74, 6) is 2.11. The van der Waals surface area contributed by atoms with Gasteiger partial charge < -0.3 is 19.9 Å². The van der Waals surface area contributed by atoms with Gasteiger partial charge in [0.1, 0.15) is 6.10 Å². The van der Waals surface area contributed by atoms with E-state index in [1.807, 2.05) is 27.7 Å². The molecule has 2 rings (SSSR count). The summed E-state index contributed by atoms with van der Waals surface area (Å²) in [5, 5.41) is 10.4. The van der Waals surface area contributed by atoms with Crippen LogP contribution in [0.4, 0.5) is 4.39 Å². The third-order valence-corrected chi connectivity index (χ3v) is 4.01. The molecule has 1 heterocycles. The number of nitrogens with one attached hydrogen (secondary N) is 2. The number of halogens is 2. The predicted molar refractivity (Wildman–Crippen MR) is 123 cm³/mol. The predicted octanol–water partition coefficient (Wildman–Crippen LogP) is 3.91. The van der Waals surface area contributed by atoms with E-state index < -0.39 is 0 Å². The molecule has 0 aliphatic rings. The van der Waals surface area contributed by atoms with Gasteiger partial charge in [-0.1, -0.05) is 38.1 Å². The highest BCUT2D eigenvalue weighted by Gasteiger charge is 2.12. The van der Waals surface area contributed by atoms with Crippen molar-refractivity contribution in [1.82, 2.24) is 20.8 Å². The minimum Gasteiger partial charge on any atom is -0.485 e. The van der Waals surface area contributed by atoms with Gasteiger partial charge in [0.05, 0.1) is 6.54 Å². The zero-order valence-corrected chi connectivity index (χ0v) is 19.8. The van der Waals surface area contributed by atoms with E-state index in [4.69, 9.17) is 9.26 Å². The molecule has 2 N–H and O–H groups in total. The molecule has 0 amide bonds. The van der Waals surface area contributed by atoms with E-state index in [0.717, 1.165) is 13.0 Å². The number of rotatable bonds is 10. The molecule has 7 nitrogen and oxygen atoms in total. The van der Waals surface area contributed by atoms with Crippen molar-refractivity contribution in [3.05, 3.63) is 41.8 Å². The molecule has 1 atom stereocenters. The van der Waals surface area contributed by atoms with Gasteiger partial charge in [-0.3, -0.25) is 0 Å². The summed E-state index contributed by atoms with van der Waals surface area (Å²) in [6.45, 7) is 9.79. The fourth-order valence-electron chi connectivity index (χ4n) is 2.40. The zero-order valence-electron chi connectivity index (χ0n) is 17.4. The number of hydrogen-bond acceptors (Lipinski definition) is 5. The standard InChI is InChI=1S/C20H30FN5O2.HI/c1-5-15(27-17-10-8-7-9-16(17)21)13-24-20(22-6-2)23-12-11-18-25-19(14(3)4)26-28-18;/h7-10,14-15H,5-6,11-13H2,1-4H3,(H2,22,23,24);1H. The Morgan fingerprint density at radius 3 is 2.62 bits per heavy atom. The number of aromatic nitrogens is 2. The molecule has 162 valence electrons. The van der Waals surface area contributed by atoms with Crippen molar-refractivity contribution in [1.29, 1.82) is 0 Å². The highest BCUT2D eigenvalue weighted by atomic mass is 127. The lowest BCUT2D eigenvalue weighted by Gasteiger charge is -2.17. The second kappa shape index (κ2) is 13.3. The monoisotopic (exact) mass is 519 g/mol. The molecular weight excluding hydrogens is 488 g/mol. The molecule has 2 aromatic rings. The van der Waals surface area contributed by atoms with Crippen molar-refractivity contribution in [3.63, 3.8) is 0 Å². The zero-order chi connectivity index (χ0) is 20.4. The van der Waals surface area contributed by atoms with Crippen LogP contribution >= 0.6 is 24.0 Å². The van der Waals surface area contributed by atoms with Crippen molar-refractivity contribution in [2.24, 2.45) is 4.99 Å². The maximum absolute atomic E-state index is 13.8. The van der Waals surface area contributed by atoms with E-state index in [2.05, 4.69) is 25.8 Å². The Morgan fingerprint density at radius 2 is 2.00 bits per heavy atom. The van der Waals surface area contributed by atoms with Gasteiger partial charge >= 0.3 is 0 Å². The Kier molecular flexibility index (Phi) is 11.6. The van der Waals surface area contributed by atoms with Crippen LogP contribution in [0.5, 0.6) is 5.75 Å². The van der Waals surface area contributed by atoms with Crippen LogP contribution in [0.2, 0.25) is 0 Å². The molecule has 0 aliphatic carbocycles. The van der Waals surface area contributed by atoms with Crippen molar-refractivity contribution in [3.8, 4) is 5.75 Å². The molecule has 29 heavy (non-hydrogen) atoms. The lowest BCUT2D eigenvalue weighted by Crippen LogP contribution is -2.39. The summed E-state index contributed by atoms with van der Waals surface area (Å²) in [5.41, 5.74) is 0. The molecule has 0 saturated carbocycles. The van der Waals surface area contributed by atoms with Gasteiger partial charge in [-0.2, -0.15) is 4.98 Å². The number of guanidine groups is 1. The van der Waals surface area contributed by atoms with Crippen molar-refractivity contribution in [2.75, 3.05) is 19.6 Å². The van der Waals surface area contributed by atoms with Crippen LogP contribution in [0.25, 0.3) is 0 Å². The molecule has 0 spiro atoms.